The predicted molar refractivity (Wildman–Crippen MR) is 72.4 cm³/mol. The van der Waals surface area contributed by atoms with Crippen molar-refractivity contribution in [1.29, 1.82) is 0 Å². The number of hydrogen-bond donors (Lipinski definition) is 2. The molecule has 0 radical (unpaired) electrons. The minimum Gasteiger partial charge on any atom is -0.389 e. The average Bonchev–Trinajstić information content (AvgIpc) is 2.75. The third-order valence-electron chi connectivity index (χ3n) is 5.00. The van der Waals surface area contributed by atoms with Crippen molar-refractivity contribution < 1.29 is 5.11 Å². The molecule has 1 saturated carbocycles. The fourth-order valence-electron chi connectivity index (χ4n) is 3.90. The average molecular weight is 248 g/mol. The van der Waals surface area contributed by atoms with Gasteiger partial charge in [-0.05, 0) is 37.9 Å². The highest BCUT2D eigenvalue weighted by atomic mass is 16.3. The Morgan fingerprint density at radius 1 is 1.44 bits per heavy atom. The van der Waals surface area contributed by atoms with E-state index in [1.165, 1.54) is 25.0 Å². The molecule has 0 aromatic carbocycles. The summed E-state index contributed by atoms with van der Waals surface area (Å²) in [4.78, 5) is 0. The van der Waals surface area contributed by atoms with Crippen molar-refractivity contribution in [2.24, 2.45) is 13.0 Å². The van der Waals surface area contributed by atoms with Gasteiger partial charge < -0.3 is 15.0 Å². The van der Waals surface area contributed by atoms with E-state index in [1.54, 1.807) is 0 Å². The number of aliphatic hydroxyl groups is 1. The maximum Gasteiger partial charge on any atom is 0.0702 e. The first-order valence-electron chi connectivity index (χ1n) is 7.25. The highest BCUT2D eigenvalue weighted by molar-refractivity contribution is 5.11. The molecule has 0 bridgehead atoms. The summed E-state index contributed by atoms with van der Waals surface area (Å²) in [6.07, 6.45) is 8.73. The second kappa shape index (κ2) is 4.71. The number of nitrogens with zero attached hydrogens (tertiary/aromatic N) is 1. The summed E-state index contributed by atoms with van der Waals surface area (Å²) in [6.45, 7) is 0.960. The summed E-state index contributed by atoms with van der Waals surface area (Å²) in [6, 6.07) is 4.74. The highest BCUT2D eigenvalue weighted by Crippen LogP contribution is 2.41. The SMILES string of the molecule is Cn1cccc1CC1NCCC2(O)CCCCC12. The number of piperidine rings is 1. The summed E-state index contributed by atoms with van der Waals surface area (Å²) >= 11 is 0. The molecular formula is C15H24N2O. The molecule has 3 nitrogen and oxygen atoms in total. The van der Waals surface area contributed by atoms with Gasteiger partial charge in [-0.15, -0.1) is 0 Å². The molecule has 2 heterocycles. The molecule has 1 saturated heterocycles. The van der Waals surface area contributed by atoms with Crippen LogP contribution in [-0.4, -0.2) is 27.9 Å². The van der Waals surface area contributed by atoms with E-state index in [0.717, 1.165) is 25.8 Å². The van der Waals surface area contributed by atoms with Crippen LogP contribution >= 0.6 is 0 Å². The van der Waals surface area contributed by atoms with Gasteiger partial charge in [-0.3, -0.25) is 0 Å². The quantitative estimate of drug-likeness (QED) is 0.838. The van der Waals surface area contributed by atoms with Crippen molar-refractivity contribution >= 4 is 0 Å². The molecule has 3 atom stereocenters. The van der Waals surface area contributed by atoms with Crippen LogP contribution in [0.4, 0.5) is 0 Å². The van der Waals surface area contributed by atoms with E-state index in [9.17, 15) is 5.11 Å². The molecule has 0 spiro atoms. The molecule has 1 aromatic heterocycles. The molecule has 0 amide bonds. The van der Waals surface area contributed by atoms with Gasteiger partial charge in [0.05, 0.1) is 5.60 Å². The van der Waals surface area contributed by atoms with E-state index in [-0.39, 0.29) is 5.60 Å². The molecule has 3 heteroatoms. The van der Waals surface area contributed by atoms with Crippen LogP contribution in [0.5, 0.6) is 0 Å². The van der Waals surface area contributed by atoms with E-state index in [1.807, 2.05) is 0 Å². The second-order valence-electron chi connectivity index (χ2n) is 6.08. The molecule has 1 aliphatic carbocycles. The van der Waals surface area contributed by atoms with Gasteiger partial charge in [-0.25, -0.2) is 0 Å². The van der Waals surface area contributed by atoms with Crippen LogP contribution in [0, 0.1) is 5.92 Å². The van der Waals surface area contributed by atoms with E-state index in [0.29, 0.717) is 12.0 Å². The van der Waals surface area contributed by atoms with Crippen molar-refractivity contribution in [3.63, 3.8) is 0 Å². The van der Waals surface area contributed by atoms with Crippen molar-refractivity contribution in [2.45, 2.75) is 50.2 Å². The molecule has 2 fully saturated rings. The van der Waals surface area contributed by atoms with E-state index >= 15 is 0 Å². The van der Waals surface area contributed by atoms with Gasteiger partial charge >= 0.3 is 0 Å². The molecule has 18 heavy (non-hydrogen) atoms. The number of nitrogens with one attached hydrogen (secondary N) is 1. The summed E-state index contributed by atoms with van der Waals surface area (Å²) in [7, 11) is 2.10. The normalized spacial score (nSPS) is 36.3. The first kappa shape index (κ1) is 12.2. The lowest BCUT2D eigenvalue weighted by molar-refractivity contribution is -0.0852. The Morgan fingerprint density at radius 2 is 2.33 bits per heavy atom. The maximum absolute atomic E-state index is 10.8. The lowest BCUT2D eigenvalue weighted by Gasteiger charge is -2.48. The van der Waals surface area contributed by atoms with Gasteiger partial charge in [0, 0.05) is 37.3 Å². The van der Waals surface area contributed by atoms with Crippen molar-refractivity contribution in [2.75, 3.05) is 6.54 Å². The molecule has 3 unspecified atom stereocenters. The maximum atomic E-state index is 10.8. The molecule has 1 aromatic rings. The highest BCUT2D eigenvalue weighted by Gasteiger charge is 2.45. The van der Waals surface area contributed by atoms with Gasteiger partial charge in [0.1, 0.15) is 0 Å². The Morgan fingerprint density at radius 3 is 3.11 bits per heavy atom. The molecular weight excluding hydrogens is 224 g/mol. The third-order valence-corrected chi connectivity index (χ3v) is 5.00. The minimum absolute atomic E-state index is 0.390. The Labute approximate surface area is 109 Å². The molecule has 100 valence electrons. The summed E-state index contributed by atoms with van der Waals surface area (Å²) in [5, 5.41) is 14.4. The lowest BCUT2D eigenvalue weighted by atomic mass is 9.67. The molecule has 2 N–H and O–H groups in total. The van der Waals surface area contributed by atoms with Crippen LogP contribution in [-0.2, 0) is 13.5 Å². The van der Waals surface area contributed by atoms with E-state index in [4.69, 9.17) is 0 Å². The smallest absolute Gasteiger partial charge is 0.0702 e. The first-order chi connectivity index (χ1) is 8.69. The zero-order valence-electron chi connectivity index (χ0n) is 11.2. The fraction of sp³-hybridized carbons (Fsp3) is 0.733. The van der Waals surface area contributed by atoms with Crippen molar-refractivity contribution in [3.8, 4) is 0 Å². The van der Waals surface area contributed by atoms with Crippen molar-refractivity contribution in [1.82, 2.24) is 9.88 Å². The second-order valence-corrected chi connectivity index (χ2v) is 6.08. The number of aryl methyl sites for hydroxylation is 1. The Balaban J connectivity index is 1.77. The molecule has 1 aliphatic heterocycles. The minimum atomic E-state index is -0.390. The monoisotopic (exact) mass is 248 g/mol. The van der Waals surface area contributed by atoms with Crippen LogP contribution < -0.4 is 5.32 Å². The van der Waals surface area contributed by atoms with Gasteiger partial charge in [0.15, 0.2) is 0 Å². The Kier molecular flexibility index (Phi) is 3.20. The number of hydrogen-bond acceptors (Lipinski definition) is 2. The summed E-state index contributed by atoms with van der Waals surface area (Å²) < 4.78 is 2.19. The van der Waals surface area contributed by atoms with E-state index < -0.39 is 0 Å². The summed E-state index contributed by atoms with van der Waals surface area (Å²) in [5.41, 5.74) is 0.974. The fourth-order valence-corrected chi connectivity index (χ4v) is 3.90. The van der Waals surface area contributed by atoms with Gasteiger partial charge in [0.25, 0.3) is 0 Å². The zero-order valence-corrected chi connectivity index (χ0v) is 11.2. The predicted octanol–water partition coefficient (Wildman–Crippen LogP) is 1.85. The van der Waals surface area contributed by atoms with Gasteiger partial charge in [0.2, 0.25) is 0 Å². The topological polar surface area (TPSA) is 37.2 Å². The number of fused-ring (bicyclic) bond motifs is 1. The summed E-state index contributed by atoms with van der Waals surface area (Å²) in [5.74, 6) is 0.440. The van der Waals surface area contributed by atoms with Gasteiger partial charge in [-0.1, -0.05) is 12.8 Å². The molecule has 3 rings (SSSR count). The zero-order chi connectivity index (χ0) is 12.6. The van der Waals surface area contributed by atoms with Crippen LogP contribution in [0.3, 0.4) is 0 Å². The molecule has 2 aliphatic rings. The largest absolute Gasteiger partial charge is 0.389 e. The third kappa shape index (κ3) is 2.10. The van der Waals surface area contributed by atoms with Crippen LogP contribution in [0.15, 0.2) is 18.3 Å². The first-order valence-corrected chi connectivity index (χ1v) is 7.25. The Hall–Kier alpha value is -0.800. The van der Waals surface area contributed by atoms with Crippen molar-refractivity contribution in [3.05, 3.63) is 24.0 Å². The van der Waals surface area contributed by atoms with Crippen LogP contribution in [0.25, 0.3) is 0 Å². The van der Waals surface area contributed by atoms with Crippen LogP contribution in [0.1, 0.15) is 37.8 Å². The number of aromatic nitrogens is 1. The lowest BCUT2D eigenvalue weighted by Crippen LogP contribution is -2.58. The van der Waals surface area contributed by atoms with Crippen LogP contribution in [0.2, 0.25) is 0 Å². The van der Waals surface area contributed by atoms with Gasteiger partial charge in [-0.2, -0.15) is 0 Å². The number of rotatable bonds is 2. The Bertz CT molecular complexity index is 410. The standard InChI is InChI=1S/C15H24N2O/c1-17-10-4-5-12(17)11-14-13-6-2-3-7-15(13,18)8-9-16-14/h4-5,10,13-14,16,18H,2-3,6-9,11H2,1H3. The van der Waals surface area contributed by atoms with E-state index in [2.05, 4.69) is 35.3 Å².